The van der Waals surface area contributed by atoms with E-state index in [1.165, 1.54) is 4.90 Å². The smallest absolute Gasteiger partial charge is 0.229 e. The number of nitrogens with zero attached hydrogens (tertiary/aromatic N) is 1. The predicted molar refractivity (Wildman–Crippen MR) is 52.4 cm³/mol. The molecule has 0 aromatic carbocycles. The molecule has 0 radical (unpaired) electrons. The summed E-state index contributed by atoms with van der Waals surface area (Å²) in [5.41, 5.74) is 0. The highest BCUT2D eigenvalue weighted by atomic mass is 16.3. The highest BCUT2D eigenvalue weighted by Crippen LogP contribution is 2.21. The Kier molecular flexibility index (Phi) is 2.66. The predicted octanol–water partition coefficient (Wildman–Crippen LogP) is 1.49. The molecule has 2 rings (SSSR count). The van der Waals surface area contributed by atoms with Crippen LogP contribution in [0.2, 0.25) is 0 Å². The molecular formula is C11H15NO2. The van der Waals surface area contributed by atoms with E-state index in [4.69, 9.17) is 0 Å². The van der Waals surface area contributed by atoms with E-state index in [9.17, 15) is 9.59 Å². The van der Waals surface area contributed by atoms with Gasteiger partial charge in [0.05, 0.1) is 0 Å². The standard InChI is InChI=1S/C11H15NO2/c13-10-6-3-7-11(14)12(10)8-9-4-1-2-5-9/h1-2,9H,3-8H2/i6+1,7+1,10+1,11+1. The van der Waals surface area contributed by atoms with Crippen LogP contribution in [0.3, 0.4) is 0 Å². The van der Waals surface area contributed by atoms with Gasteiger partial charge in [0.15, 0.2) is 0 Å². The van der Waals surface area contributed by atoms with Crippen molar-refractivity contribution in [2.24, 2.45) is 5.92 Å². The van der Waals surface area contributed by atoms with Gasteiger partial charge < -0.3 is 0 Å². The molecule has 3 nitrogen and oxygen atoms in total. The van der Waals surface area contributed by atoms with Crippen LogP contribution < -0.4 is 0 Å². The van der Waals surface area contributed by atoms with Gasteiger partial charge in [-0.1, -0.05) is 12.2 Å². The lowest BCUT2D eigenvalue weighted by Gasteiger charge is -2.27. The van der Waals surface area contributed by atoms with Crippen LogP contribution >= 0.6 is 0 Å². The second-order valence-corrected chi connectivity index (χ2v) is 4.06. The molecule has 1 saturated heterocycles. The number of hydrogen-bond donors (Lipinski definition) is 0. The van der Waals surface area contributed by atoms with Crippen molar-refractivity contribution in [1.29, 1.82) is 0 Å². The van der Waals surface area contributed by atoms with Gasteiger partial charge in [0.2, 0.25) is 11.8 Å². The molecule has 0 bridgehead atoms. The first-order valence-electron chi connectivity index (χ1n) is 5.25. The largest absolute Gasteiger partial charge is 0.282 e. The van der Waals surface area contributed by atoms with Crippen molar-refractivity contribution >= 4 is 11.8 Å². The first-order valence-corrected chi connectivity index (χ1v) is 5.25. The molecule has 0 aromatic heterocycles. The number of likely N-dealkylation sites (tertiary alicyclic amines) is 1. The van der Waals surface area contributed by atoms with Gasteiger partial charge in [-0.25, -0.2) is 0 Å². The van der Waals surface area contributed by atoms with Gasteiger partial charge in [0, 0.05) is 19.4 Å². The maximum Gasteiger partial charge on any atom is 0.229 e. The molecular weight excluding hydrogens is 182 g/mol. The van der Waals surface area contributed by atoms with Gasteiger partial charge in [0.25, 0.3) is 0 Å². The third-order valence-corrected chi connectivity index (χ3v) is 2.93. The molecule has 0 spiro atoms. The Labute approximate surface area is 83.8 Å². The Morgan fingerprint density at radius 1 is 1.14 bits per heavy atom. The molecule has 0 N–H and O–H groups in total. The molecule has 0 unspecified atom stereocenters. The summed E-state index contributed by atoms with van der Waals surface area (Å²) >= 11 is 0. The fourth-order valence-corrected chi connectivity index (χ4v) is 2.08. The van der Waals surface area contributed by atoms with Gasteiger partial charge in [0.1, 0.15) is 0 Å². The summed E-state index contributed by atoms with van der Waals surface area (Å²) in [4.78, 5) is 24.4. The number of carbonyl (C=O) groups is 2. The minimum absolute atomic E-state index is 0.0214. The summed E-state index contributed by atoms with van der Waals surface area (Å²) in [6.45, 7) is 0.630. The minimum atomic E-state index is 0.0214. The summed E-state index contributed by atoms with van der Waals surface area (Å²) in [7, 11) is 0. The second-order valence-electron chi connectivity index (χ2n) is 4.06. The molecule has 3 heteroatoms. The fourth-order valence-electron chi connectivity index (χ4n) is 2.08. The zero-order valence-electron chi connectivity index (χ0n) is 8.24. The summed E-state index contributed by atoms with van der Waals surface area (Å²) < 4.78 is 0. The molecule has 76 valence electrons. The molecule has 0 atom stereocenters. The Balaban J connectivity index is 1.93. The normalized spacial score (nSPS) is 23.6. The van der Waals surface area contributed by atoms with Crippen molar-refractivity contribution in [3.05, 3.63) is 12.2 Å². The number of piperidine rings is 1. The fraction of sp³-hybridized carbons (Fsp3) is 0.636. The number of carbonyl (C=O) groups excluding carboxylic acids is 2. The van der Waals surface area contributed by atoms with Crippen molar-refractivity contribution < 1.29 is 9.59 Å². The lowest BCUT2D eigenvalue weighted by Crippen LogP contribution is -2.42. The summed E-state index contributed by atoms with van der Waals surface area (Å²) in [6, 6.07) is 0. The minimum Gasteiger partial charge on any atom is -0.282 e. The highest BCUT2D eigenvalue weighted by Gasteiger charge is 2.28. The first kappa shape index (κ1) is 9.44. The number of allylic oxidation sites excluding steroid dienone is 2. The van der Waals surface area contributed by atoms with Crippen molar-refractivity contribution in [3.8, 4) is 0 Å². The van der Waals surface area contributed by atoms with Gasteiger partial charge in [-0.2, -0.15) is 0 Å². The van der Waals surface area contributed by atoms with Crippen LogP contribution in [0.5, 0.6) is 0 Å². The quantitative estimate of drug-likeness (QED) is 0.382. The van der Waals surface area contributed by atoms with Crippen molar-refractivity contribution in [3.63, 3.8) is 0 Å². The van der Waals surface area contributed by atoms with E-state index in [1.807, 2.05) is 0 Å². The molecule has 1 aliphatic heterocycles. The molecule has 0 aromatic rings. The van der Waals surface area contributed by atoms with Crippen LogP contribution in [0, 0.1) is 5.92 Å². The van der Waals surface area contributed by atoms with Gasteiger partial charge in [-0.3, -0.25) is 14.5 Å². The van der Waals surface area contributed by atoms with Gasteiger partial charge in [-0.15, -0.1) is 0 Å². The van der Waals surface area contributed by atoms with E-state index in [-0.39, 0.29) is 11.8 Å². The Bertz CT molecular complexity index is 259. The average Bonchev–Trinajstić information content (AvgIpc) is 2.64. The molecule has 2 amide bonds. The van der Waals surface area contributed by atoms with Crippen LogP contribution in [-0.2, 0) is 9.59 Å². The van der Waals surface area contributed by atoms with Crippen LogP contribution in [0.25, 0.3) is 0 Å². The highest BCUT2D eigenvalue weighted by molar-refractivity contribution is 5.97. The molecule has 1 fully saturated rings. The van der Waals surface area contributed by atoms with Crippen molar-refractivity contribution in [1.82, 2.24) is 4.90 Å². The summed E-state index contributed by atoms with van der Waals surface area (Å²) in [5, 5.41) is 0. The average molecular weight is 197 g/mol. The zero-order valence-corrected chi connectivity index (χ0v) is 8.24. The Morgan fingerprint density at radius 2 is 1.71 bits per heavy atom. The van der Waals surface area contributed by atoms with Gasteiger partial charge >= 0.3 is 0 Å². The van der Waals surface area contributed by atoms with Crippen molar-refractivity contribution in [2.45, 2.75) is 32.1 Å². The van der Waals surface area contributed by atoms with Crippen LogP contribution in [0.15, 0.2) is 12.2 Å². The van der Waals surface area contributed by atoms with E-state index < -0.39 is 0 Å². The number of rotatable bonds is 2. The third-order valence-electron chi connectivity index (χ3n) is 2.93. The van der Waals surface area contributed by atoms with E-state index >= 15 is 0 Å². The molecule has 1 heterocycles. The maximum absolute atomic E-state index is 11.5. The van der Waals surface area contributed by atoms with E-state index in [0.717, 1.165) is 19.3 Å². The van der Waals surface area contributed by atoms with E-state index in [1.54, 1.807) is 0 Å². The first-order chi connectivity index (χ1) is 6.77. The van der Waals surface area contributed by atoms with Crippen LogP contribution in [-0.4, -0.2) is 23.3 Å². The Morgan fingerprint density at radius 3 is 2.29 bits per heavy atom. The monoisotopic (exact) mass is 197 g/mol. The third kappa shape index (κ3) is 1.86. The SMILES string of the molecule is O=[13C]1[13CH2]C[13CH2][13C](=O)N1CC1CC=CC1. The lowest BCUT2D eigenvalue weighted by atomic mass is 10.1. The lowest BCUT2D eigenvalue weighted by molar-refractivity contribution is -0.148. The second kappa shape index (κ2) is 3.95. The maximum atomic E-state index is 11.5. The van der Waals surface area contributed by atoms with Crippen molar-refractivity contribution in [2.75, 3.05) is 6.54 Å². The number of hydrogen-bond acceptors (Lipinski definition) is 2. The summed E-state index contributed by atoms with van der Waals surface area (Å²) in [5.74, 6) is 0.516. The summed E-state index contributed by atoms with van der Waals surface area (Å²) in [6.07, 6.45) is 8.11. The topological polar surface area (TPSA) is 37.4 Å². The van der Waals surface area contributed by atoms with Crippen LogP contribution in [0.1, 0.15) is 32.1 Å². The van der Waals surface area contributed by atoms with E-state index in [2.05, 4.69) is 12.2 Å². The Hall–Kier alpha value is -1.12. The van der Waals surface area contributed by atoms with E-state index in [0.29, 0.717) is 25.3 Å². The van der Waals surface area contributed by atoms with Gasteiger partial charge in [-0.05, 0) is 25.2 Å². The molecule has 1 aliphatic carbocycles. The number of amides is 2. The zero-order chi connectivity index (χ0) is 9.97. The van der Waals surface area contributed by atoms with Crippen LogP contribution in [0.4, 0.5) is 0 Å². The molecule has 14 heavy (non-hydrogen) atoms. The molecule has 0 saturated carbocycles. The number of imide groups is 1. The molecule has 2 aliphatic rings.